The zero-order chi connectivity index (χ0) is 28.0. The van der Waals surface area contributed by atoms with E-state index in [1.807, 2.05) is 42.5 Å². The molecule has 3 aromatic heterocycles. The van der Waals surface area contributed by atoms with Crippen molar-refractivity contribution in [1.29, 1.82) is 5.41 Å². The van der Waals surface area contributed by atoms with Gasteiger partial charge in [0.25, 0.3) is 5.91 Å². The monoisotopic (exact) mass is 536 g/mol. The molecule has 40 heavy (non-hydrogen) atoms. The second-order valence-electron chi connectivity index (χ2n) is 9.98. The Bertz CT molecular complexity index is 1660. The number of piperidine rings is 2. The van der Waals surface area contributed by atoms with Gasteiger partial charge in [-0.1, -0.05) is 36.4 Å². The number of nitrogen functional groups attached to an aromatic ring is 1. The third-order valence-electron chi connectivity index (χ3n) is 7.64. The highest BCUT2D eigenvalue weighted by atomic mass is 16.2. The van der Waals surface area contributed by atoms with Crippen LogP contribution in [0.5, 0.6) is 0 Å². The molecule has 1 amide bonds. The molecule has 3 fully saturated rings. The van der Waals surface area contributed by atoms with Crippen LogP contribution in [-0.4, -0.2) is 73.5 Å². The molecule has 2 bridgehead atoms. The third-order valence-corrected chi connectivity index (χ3v) is 7.64. The number of amides is 1. The molecule has 0 aliphatic carbocycles. The average Bonchev–Trinajstić information content (AvgIpc) is 3.42. The smallest absolute Gasteiger partial charge is 0.289 e. The van der Waals surface area contributed by atoms with Gasteiger partial charge in [-0.2, -0.15) is 9.61 Å². The summed E-state index contributed by atoms with van der Waals surface area (Å²) in [7, 11) is 0. The molecule has 1 aromatic carbocycles. The molecular formula is C28H28N10O2. The number of aromatic nitrogens is 4. The number of Topliss-reactive ketones (excluding diaryl/α,β-unsaturated/α-hetero) is 1. The lowest BCUT2D eigenvalue weighted by molar-refractivity contribution is -0.129. The highest BCUT2D eigenvalue weighted by Crippen LogP contribution is 2.37. The summed E-state index contributed by atoms with van der Waals surface area (Å²) in [4.78, 5) is 42.7. The Morgan fingerprint density at radius 3 is 2.48 bits per heavy atom. The lowest BCUT2D eigenvalue weighted by Gasteiger charge is -2.52. The second-order valence-corrected chi connectivity index (χ2v) is 9.98. The summed E-state index contributed by atoms with van der Waals surface area (Å²) >= 11 is 0. The number of hydrogen-bond acceptors (Lipinski definition) is 8. The molecule has 12 nitrogen and oxygen atoms in total. The zero-order valence-electron chi connectivity index (χ0n) is 21.9. The van der Waals surface area contributed by atoms with Crippen LogP contribution in [-0.2, 0) is 4.79 Å². The number of ketones is 1. The number of anilines is 2. The predicted molar refractivity (Wildman–Crippen MR) is 152 cm³/mol. The van der Waals surface area contributed by atoms with Gasteiger partial charge >= 0.3 is 0 Å². The molecule has 6 heterocycles. The number of hydrogen-bond donors (Lipinski definition) is 3. The van der Waals surface area contributed by atoms with E-state index in [4.69, 9.17) is 21.9 Å². The third kappa shape index (κ3) is 4.13. The molecule has 2 atom stereocenters. The number of aliphatic imine (C=N–C) groups is 1. The number of benzene rings is 1. The Kier molecular flexibility index (Phi) is 6.21. The van der Waals surface area contributed by atoms with Crippen LogP contribution in [0.25, 0.3) is 28.0 Å². The predicted octanol–water partition coefficient (Wildman–Crippen LogP) is 2.39. The maximum atomic E-state index is 12.8. The van der Waals surface area contributed by atoms with Crippen LogP contribution in [0.2, 0.25) is 0 Å². The summed E-state index contributed by atoms with van der Waals surface area (Å²) in [6, 6.07) is 13.6. The van der Waals surface area contributed by atoms with Crippen molar-refractivity contribution in [3.8, 4) is 22.4 Å². The molecule has 7 rings (SSSR count). The van der Waals surface area contributed by atoms with Crippen molar-refractivity contribution < 1.29 is 9.59 Å². The number of amidine groups is 1. The van der Waals surface area contributed by atoms with Crippen molar-refractivity contribution in [2.75, 3.05) is 23.7 Å². The van der Waals surface area contributed by atoms with E-state index in [9.17, 15) is 9.59 Å². The van der Waals surface area contributed by atoms with E-state index in [2.05, 4.69) is 20.0 Å². The van der Waals surface area contributed by atoms with Crippen molar-refractivity contribution in [3.05, 3.63) is 60.4 Å². The first-order valence-corrected chi connectivity index (χ1v) is 13.0. The van der Waals surface area contributed by atoms with Crippen LogP contribution in [0.15, 0.2) is 59.9 Å². The van der Waals surface area contributed by atoms with Crippen molar-refractivity contribution >= 4 is 41.1 Å². The number of nitrogens with one attached hydrogen (secondary N) is 1. The minimum atomic E-state index is -0.392. The second kappa shape index (κ2) is 9.88. The molecule has 0 radical (unpaired) electrons. The van der Waals surface area contributed by atoms with E-state index in [0.717, 1.165) is 41.6 Å². The van der Waals surface area contributed by atoms with Gasteiger partial charge in [0.15, 0.2) is 17.3 Å². The van der Waals surface area contributed by atoms with Crippen LogP contribution in [0.4, 0.5) is 11.6 Å². The molecule has 0 saturated carbocycles. The Morgan fingerprint density at radius 1 is 1.05 bits per heavy atom. The topological polar surface area (TPSA) is 172 Å². The summed E-state index contributed by atoms with van der Waals surface area (Å²) in [6.07, 6.45) is 5.82. The molecular weight excluding hydrogens is 508 g/mol. The van der Waals surface area contributed by atoms with Crippen LogP contribution >= 0.6 is 0 Å². The SMILES string of the molecule is CC(=O)c1c(N2CC3CCC2CN3C(=O)C(N)=NC=N)nc2c(-c3ccc(-c4ccccc4)nc3)cnn2c1N. The molecule has 4 aromatic rings. The molecule has 3 saturated heterocycles. The summed E-state index contributed by atoms with van der Waals surface area (Å²) < 4.78 is 1.49. The highest BCUT2D eigenvalue weighted by Gasteiger charge is 2.43. The molecule has 3 aliphatic heterocycles. The highest BCUT2D eigenvalue weighted by molar-refractivity contribution is 6.38. The first-order valence-electron chi connectivity index (χ1n) is 13.0. The van der Waals surface area contributed by atoms with Gasteiger partial charge in [0.05, 0.1) is 11.9 Å². The Morgan fingerprint density at radius 2 is 1.82 bits per heavy atom. The van der Waals surface area contributed by atoms with Gasteiger partial charge in [-0.05, 0) is 25.8 Å². The summed E-state index contributed by atoms with van der Waals surface area (Å²) in [5.74, 6) is -0.125. The number of rotatable bonds is 5. The Balaban J connectivity index is 1.39. The number of fused-ring (bicyclic) bond motifs is 4. The fourth-order valence-electron chi connectivity index (χ4n) is 5.69. The largest absolute Gasteiger partial charge is 0.383 e. The minimum absolute atomic E-state index is 0.0904. The molecule has 0 spiro atoms. The van der Waals surface area contributed by atoms with Crippen molar-refractivity contribution in [3.63, 3.8) is 0 Å². The van der Waals surface area contributed by atoms with E-state index in [1.54, 1.807) is 17.3 Å². The summed E-state index contributed by atoms with van der Waals surface area (Å²) in [5.41, 5.74) is 16.6. The molecule has 2 unspecified atom stereocenters. The van der Waals surface area contributed by atoms with Crippen LogP contribution < -0.4 is 16.4 Å². The first kappa shape index (κ1) is 25.2. The fraction of sp³-hybridized carbons (Fsp3) is 0.250. The maximum absolute atomic E-state index is 12.8. The van der Waals surface area contributed by atoms with E-state index in [-0.39, 0.29) is 29.5 Å². The lowest BCUT2D eigenvalue weighted by Crippen LogP contribution is -2.65. The zero-order valence-corrected chi connectivity index (χ0v) is 21.9. The normalized spacial score (nSPS) is 18.8. The number of nitrogens with zero attached hydrogens (tertiary/aromatic N) is 7. The molecule has 5 N–H and O–H groups in total. The van der Waals surface area contributed by atoms with E-state index >= 15 is 0 Å². The first-order chi connectivity index (χ1) is 19.4. The van der Waals surface area contributed by atoms with Crippen LogP contribution in [0, 0.1) is 5.41 Å². The van der Waals surface area contributed by atoms with Crippen LogP contribution in [0.3, 0.4) is 0 Å². The van der Waals surface area contributed by atoms with Gasteiger partial charge in [0, 0.05) is 48.1 Å². The van der Waals surface area contributed by atoms with Crippen LogP contribution in [0.1, 0.15) is 30.1 Å². The lowest BCUT2D eigenvalue weighted by atomic mass is 9.90. The average molecular weight is 537 g/mol. The van der Waals surface area contributed by atoms with Gasteiger partial charge in [0.2, 0.25) is 0 Å². The van der Waals surface area contributed by atoms with Gasteiger partial charge in [0.1, 0.15) is 23.5 Å². The number of carbonyl (C=O) groups excluding carboxylic acids is 2. The Labute approximate surface area is 229 Å². The summed E-state index contributed by atoms with van der Waals surface area (Å²) in [5, 5.41) is 11.6. The van der Waals surface area contributed by atoms with Crippen molar-refractivity contribution in [2.24, 2.45) is 10.7 Å². The standard InChI is InChI=1S/C28H28N10O2/c1-16(39)23-25(31)38-26(21(12-34-38)18-7-10-22(32-11-18)17-5-3-2-4-6-17)35-27(23)36-13-20-9-8-19(36)14-37(20)28(40)24(30)33-15-29/h2-7,10-12,15,19-20H,8-9,13-14,31H2,1H3,(H3,29,30,33). The Hall–Kier alpha value is -5.13. The maximum Gasteiger partial charge on any atom is 0.289 e. The van der Waals surface area contributed by atoms with E-state index < -0.39 is 5.91 Å². The van der Waals surface area contributed by atoms with Gasteiger partial charge in [-0.3, -0.25) is 20.0 Å². The van der Waals surface area contributed by atoms with Gasteiger partial charge in [-0.15, -0.1) is 0 Å². The van der Waals surface area contributed by atoms with E-state index in [0.29, 0.717) is 30.1 Å². The van der Waals surface area contributed by atoms with Crippen molar-refractivity contribution in [1.82, 2.24) is 24.5 Å². The van der Waals surface area contributed by atoms with Crippen molar-refractivity contribution in [2.45, 2.75) is 31.8 Å². The van der Waals surface area contributed by atoms with E-state index in [1.165, 1.54) is 11.4 Å². The number of pyridine rings is 1. The molecule has 3 aliphatic rings. The molecule has 12 heteroatoms. The van der Waals surface area contributed by atoms with Gasteiger partial charge < -0.3 is 21.3 Å². The minimum Gasteiger partial charge on any atom is -0.383 e. The molecule has 202 valence electrons. The number of nitrogens with two attached hydrogens (primary N) is 2. The van der Waals surface area contributed by atoms with Gasteiger partial charge in [-0.25, -0.2) is 9.98 Å². The quantitative estimate of drug-likeness (QED) is 0.198. The summed E-state index contributed by atoms with van der Waals surface area (Å²) in [6.45, 7) is 2.33. The fourth-order valence-corrected chi connectivity index (χ4v) is 5.69. The number of piperazine rings is 1. The number of carbonyl (C=O) groups is 2.